The van der Waals surface area contributed by atoms with Crippen LogP contribution in [0.1, 0.15) is 126 Å². The van der Waals surface area contributed by atoms with Crippen molar-refractivity contribution in [3.63, 3.8) is 0 Å². The number of carboxylic acid groups (broad SMARTS) is 1. The zero-order valence-electron chi connectivity index (χ0n) is 27.5. The van der Waals surface area contributed by atoms with E-state index in [0.717, 1.165) is 32.1 Å². The van der Waals surface area contributed by atoms with E-state index in [0.29, 0.717) is 11.8 Å². The summed E-state index contributed by atoms with van der Waals surface area (Å²) in [7, 11) is 2.63. The van der Waals surface area contributed by atoms with E-state index in [9.17, 15) is 14.4 Å². The van der Waals surface area contributed by atoms with Crippen LogP contribution in [-0.4, -0.2) is 37.2 Å². The van der Waals surface area contributed by atoms with Crippen LogP contribution in [0.4, 0.5) is 0 Å². The number of hydrogen-bond donors (Lipinski definition) is 1. The van der Waals surface area contributed by atoms with Crippen molar-refractivity contribution in [3.8, 4) is 0 Å². The average Bonchev–Trinajstić information content (AvgIpc) is 2.88. The van der Waals surface area contributed by atoms with Crippen molar-refractivity contribution in [1.29, 1.82) is 0 Å². The molecule has 2 rings (SSSR count). The Labute approximate surface area is 249 Å². The van der Waals surface area contributed by atoms with Gasteiger partial charge in [0.15, 0.2) is 0 Å². The van der Waals surface area contributed by atoms with Crippen LogP contribution in [0.15, 0.2) is 45.6 Å². The zero-order chi connectivity index (χ0) is 31.4. The minimum atomic E-state index is -1.23. The molecule has 0 amide bonds. The van der Waals surface area contributed by atoms with Gasteiger partial charge in [-0.2, -0.15) is 0 Å². The Balaban J connectivity index is 0.000000414. The first-order valence-electron chi connectivity index (χ1n) is 15.2. The molecule has 0 fully saturated rings. The van der Waals surface area contributed by atoms with Gasteiger partial charge in [0, 0.05) is 0 Å². The molecule has 0 saturated heterocycles. The standard InChI is InChI=1S/C18H28O4.C17H28O2/c1-12(11-14(16(19)20)17(21)22-5)8-9-15-13(2)7-6-10-18(15,3)4;1-13(9-11-16(18)19-5)8-10-15-14(2)7-6-12-17(15,3)4/h11-12H,6-10H2,1-5H3,(H,19,20);9H,6-8,10-12H2,1-5H3/b14-11+;13-9+. The van der Waals surface area contributed by atoms with E-state index < -0.39 is 11.9 Å². The third kappa shape index (κ3) is 12.0. The number of hydrogen-bond acceptors (Lipinski definition) is 5. The Morgan fingerprint density at radius 2 is 1.41 bits per heavy atom. The lowest BCUT2D eigenvalue weighted by Crippen LogP contribution is -2.21. The Hall–Kier alpha value is -2.63. The summed E-state index contributed by atoms with van der Waals surface area (Å²) < 4.78 is 9.17. The minimum Gasteiger partial charge on any atom is -0.477 e. The molecule has 0 aromatic carbocycles. The van der Waals surface area contributed by atoms with Crippen molar-refractivity contribution in [1.82, 2.24) is 0 Å². The maximum Gasteiger partial charge on any atom is 0.344 e. The van der Waals surface area contributed by atoms with E-state index in [4.69, 9.17) is 5.11 Å². The van der Waals surface area contributed by atoms with Crippen LogP contribution >= 0.6 is 0 Å². The van der Waals surface area contributed by atoms with E-state index in [2.05, 4.69) is 57.9 Å². The topological polar surface area (TPSA) is 89.9 Å². The monoisotopic (exact) mass is 572 g/mol. The van der Waals surface area contributed by atoms with Crippen LogP contribution < -0.4 is 0 Å². The first-order valence-corrected chi connectivity index (χ1v) is 15.2. The first kappa shape index (κ1) is 36.4. The van der Waals surface area contributed by atoms with E-state index in [1.54, 1.807) is 11.1 Å². The molecule has 2 aliphatic carbocycles. The SMILES string of the molecule is COC(=O)/C(=C/C(C)CCC1=C(C)CCCC1(C)C)C(=O)O.COC(=O)C/C=C(\C)CCC1=C(C)CCCC1(C)C. The molecule has 0 radical (unpaired) electrons. The second kappa shape index (κ2) is 16.7. The molecule has 6 heteroatoms. The summed E-state index contributed by atoms with van der Waals surface area (Å²) in [5.74, 6) is -2.16. The van der Waals surface area contributed by atoms with Gasteiger partial charge in [-0.05, 0) is 102 Å². The number of rotatable bonds is 11. The fraction of sp³-hybridized carbons (Fsp3) is 0.686. The number of methoxy groups -OCH3 is 2. The molecule has 0 aromatic heterocycles. The predicted molar refractivity (Wildman–Crippen MR) is 166 cm³/mol. The van der Waals surface area contributed by atoms with E-state index in [1.165, 1.54) is 69.1 Å². The number of carboxylic acids is 1. The lowest BCUT2D eigenvalue weighted by Gasteiger charge is -2.35. The van der Waals surface area contributed by atoms with Crippen molar-refractivity contribution in [2.75, 3.05) is 14.2 Å². The summed E-state index contributed by atoms with van der Waals surface area (Å²) in [6, 6.07) is 0. The third-order valence-electron chi connectivity index (χ3n) is 8.92. The number of esters is 2. The number of allylic oxidation sites excluding steroid dienone is 6. The van der Waals surface area contributed by atoms with Crippen LogP contribution in [0.25, 0.3) is 0 Å². The Morgan fingerprint density at radius 3 is 1.85 bits per heavy atom. The summed E-state index contributed by atoms with van der Waals surface area (Å²) in [5.41, 5.74) is 7.76. The third-order valence-corrected chi connectivity index (χ3v) is 8.92. The van der Waals surface area contributed by atoms with E-state index >= 15 is 0 Å². The summed E-state index contributed by atoms with van der Waals surface area (Å²) in [6.07, 6.45) is 15.3. The van der Waals surface area contributed by atoms with Crippen molar-refractivity contribution in [2.24, 2.45) is 16.7 Å². The summed E-state index contributed by atoms with van der Waals surface area (Å²) in [5, 5.41) is 9.09. The summed E-state index contributed by atoms with van der Waals surface area (Å²) in [4.78, 5) is 33.7. The lowest BCUT2D eigenvalue weighted by atomic mass is 9.71. The molecule has 0 bridgehead atoms. The molecule has 0 heterocycles. The first-order chi connectivity index (χ1) is 19.0. The van der Waals surface area contributed by atoms with Crippen LogP contribution in [-0.2, 0) is 23.9 Å². The molecule has 0 aromatic rings. The van der Waals surface area contributed by atoms with Crippen molar-refractivity contribution >= 4 is 17.9 Å². The average molecular weight is 573 g/mol. The minimum absolute atomic E-state index is 0.0169. The van der Waals surface area contributed by atoms with Crippen LogP contribution in [0.5, 0.6) is 0 Å². The van der Waals surface area contributed by atoms with Gasteiger partial charge in [0.1, 0.15) is 5.57 Å². The number of ether oxygens (including phenoxy) is 2. The van der Waals surface area contributed by atoms with Gasteiger partial charge in [0.2, 0.25) is 0 Å². The summed E-state index contributed by atoms with van der Waals surface area (Å²) >= 11 is 0. The molecular formula is C35H56O6. The smallest absolute Gasteiger partial charge is 0.344 e. The van der Waals surface area contributed by atoms with Gasteiger partial charge in [0.05, 0.1) is 20.6 Å². The maximum atomic E-state index is 11.5. The largest absolute Gasteiger partial charge is 0.477 e. The molecule has 41 heavy (non-hydrogen) atoms. The number of aliphatic carboxylic acids is 1. The van der Waals surface area contributed by atoms with Gasteiger partial charge in [-0.1, -0.05) is 74.6 Å². The second-order valence-electron chi connectivity index (χ2n) is 13.2. The molecule has 1 N–H and O–H groups in total. The maximum absolute atomic E-state index is 11.5. The normalized spacial score (nSPS) is 19.7. The fourth-order valence-electron chi connectivity index (χ4n) is 6.30. The van der Waals surface area contributed by atoms with E-state index in [1.807, 2.05) is 13.0 Å². The van der Waals surface area contributed by atoms with Crippen LogP contribution in [0, 0.1) is 16.7 Å². The molecule has 0 aliphatic heterocycles. The number of carbonyl (C=O) groups excluding carboxylic acids is 2. The summed E-state index contributed by atoms with van der Waals surface area (Å²) in [6.45, 7) is 17.8. The van der Waals surface area contributed by atoms with Crippen LogP contribution in [0.2, 0.25) is 0 Å². The highest BCUT2D eigenvalue weighted by Gasteiger charge is 2.29. The van der Waals surface area contributed by atoms with E-state index in [-0.39, 0.29) is 22.9 Å². The Bertz CT molecular complexity index is 1050. The zero-order valence-corrected chi connectivity index (χ0v) is 27.5. The highest BCUT2D eigenvalue weighted by atomic mass is 16.5. The van der Waals surface area contributed by atoms with Crippen molar-refractivity contribution in [3.05, 3.63) is 45.6 Å². The quantitative estimate of drug-likeness (QED) is 0.0874. The number of carbonyl (C=O) groups is 3. The van der Waals surface area contributed by atoms with Crippen molar-refractivity contribution in [2.45, 2.75) is 126 Å². The van der Waals surface area contributed by atoms with Gasteiger partial charge in [-0.3, -0.25) is 4.79 Å². The molecule has 0 spiro atoms. The van der Waals surface area contributed by atoms with Crippen LogP contribution in [0.3, 0.4) is 0 Å². The Morgan fingerprint density at radius 1 is 0.902 bits per heavy atom. The van der Waals surface area contributed by atoms with Gasteiger partial charge in [0.25, 0.3) is 0 Å². The molecule has 232 valence electrons. The molecular weight excluding hydrogens is 516 g/mol. The molecule has 1 atom stereocenters. The molecule has 1 unspecified atom stereocenters. The van der Waals surface area contributed by atoms with Gasteiger partial charge in [-0.15, -0.1) is 0 Å². The van der Waals surface area contributed by atoms with Crippen molar-refractivity contribution < 1.29 is 29.0 Å². The van der Waals surface area contributed by atoms with Gasteiger partial charge in [-0.25, -0.2) is 9.59 Å². The van der Waals surface area contributed by atoms with Gasteiger partial charge >= 0.3 is 17.9 Å². The highest BCUT2D eigenvalue weighted by molar-refractivity contribution is 6.13. The van der Waals surface area contributed by atoms with Gasteiger partial charge < -0.3 is 14.6 Å². The fourth-order valence-corrected chi connectivity index (χ4v) is 6.30. The predicted octanol–water partition coefficient (Wildman–Crippen LogP) is 8.92. The lowest BCUT2D eigenvalue weighted by molar-refractivity contribution is -0.142. The molecule has 0 saturated carbocycles. The molecule has 2 aliphatic rings. The Kier molecular flexibility index (Phi) is 14.8. The highest BCUT2D eigenvalue weighted by Crippen LogP contribution is 2.43. The second-order valence-corrected chi connectivity index (χ2v) is 13.2. The molecule has 6 nitrogen and oxygen atoms in total.